The van der Waals surface area contributed by atoms with Crippen LogP contribution in [0.5, 0.6) is 0 Å². The second kappa shape index (κ2) is 23.9. The third kappa shape index (κ3) is 14.4. The smallest absolute Gasteiger partial charge is 0.337 e. The fourth-order valence-corrected chi connectivity index (χ4v) is 6.64. The highest BCUT2D eigenvalue weighted by Crippen LogP contribution is 2.22. The summed E-state index contributed by atoms with van der Waals surface area (Å²) < 4.78 is 36.1. The summed E-state index contributed by atoms with van der Waals surface area (Å²) in [6, 6.07) is 25.9. The number of benzene rings is 4. The minimum Gasteiger partial charge on any atom is -0.465 e. The lowest BCUT2D eigenvalue weighted by Crippen LogP contribution is -2.52. The van der Waals surface area contributed by atoms with E-state index in [-0.39, 0.29) is 30.4 Å². The Bertz CT molecular complexity index is 1960. The summed E-state index contributed by atoms with van der Waals surface area (Å²) in [5.41, 5.74) is 4.01. The van der Waals surface area contributed by atoms with Gasteiger partial charge in [0.25, 0.3) is 0 Å². The van der Waals surface area contributed by atoms with Gasteiger partial charge in [0.1, 0.15) is 11.6 Å². The fraction of sp³-hybridized carbons (Fsp3) is 0.364. The van der Waals surface area contributed by atoms with E-state index in [1.165, 1.54) is 38.5 Å². The predicted octanol–water partition coefficient (Wildman–Crippen LogP) is 7.74. The number of hydrogen-bond donors (Lipinski definition) is 1. The third-order valence-electron chi connectivity index (χ3n) is 9.87. The Morgan fingerprint density at radius 2 is 1.12 bits per heavy atom. The highest BCUT2D eigenvalue weighted by atomic mass is 79.9. The molecule has 15 heteroatoms. The van der Waals surface area contributed by atoms with Gasteiger partial charge in [0.15, 0.2) is 0 Å². The molecule has 1 N–H and O–H groups in total. The number of hydrogen-bond acceptors (Lipinski definition) is 8. The van der Waals surface area contributed by atoms with E-state index in [0.717, 1.165) is 68.8 Å². The highest BCUT2D eigenvalue weighted by Gasteiger charge is 2.26. The average molecular weight is 880 g/mol. The maximum Gasteiger partial charge on any atom is 0.337 e. The number of rotatable bonds is 9. The molecular weight excluding hydrogens is 826 g/mol. The van der Waals surface area contributed by atoms with Crippen molar-refractivity contribution in [3.05, 3.63) is 131 Å². The van der Waals surface area contributed by atoms with Crippen molar-refractivity contribution in [3.63, 3.8) is 0 Å². The van der Waals surface area contributed by atoms with Crippen molar-refractivity contribution in [1.29, 1.82) is 0 Å². The SMILES string of the molecule is CCN1CCN(C(=O)N(Cc2ccc(C(=O)OC)cc2)c2cccc(F)c2)CC1.CCN1CCN(C(=O)Nc2cccc(F)c2)CC1.COC(=O)c1ccc(CBr)cc1. The van der Waals surface area contributed by atoms with Gasteiger partial charge in [-0.05, 0) is 84.9 Å². The van der Waals surface area contributed by atoms with Crippen molar-refractivity contribution in [1.82, 2.24) is 19.6 Å². The zero-order valence-electron chi connectivity index (χ0n) is 34.0. The van der Waals surface area contributed by atoms with Crippen LogP contribution in [0.2, 0.25) is 0 Å². The number of nitrogens with zero attached hydrogens (tertiary/aromatic N) is 5. The van der Waals surface area contributed by atoms with Gasteiger partial charge < -0.3 is 34.4 Å². The van der Waals surface area contributed by atoms with Crippen LogP contribution in [-0.4, -0.2) is 123 Å². The molecule has 0 aromatic heterocycles. The van der Waals surface area contributed by atoms with E-state index < -0.39 is 11.8 Å². The average Bonchev–Trinajstić information content (AvgIpc) is 3.28. The standard InChI is InChI=1S/C22H26FN3O3.C13H18FN3O.C9H9BrO2/c1-3-24-11-13-25(14-12-24)22(28)26(20-6-4-5-19(23)15-20)16-17-7-9-18(10-8-17)21(27)29-2;1-2-16-6-8-17(9-7-16)13(18)15-12-5-3-4-11(14)10-12;1-12-9(11)8-4-2-7(6-10)3-5-8/h4-10,15H,3,11-14,16H2,1-2H3;3-5,10H,2,6-9H2,1H3,(H,15,18);2-5H,6H2,1H3. The molecule has 0 spiro atoms. The van der Waals surface area contributed by atoms with Crippen LogP contribution in [0.4, 0.5) is 29.7 Å². The number of alkyl halides is 1. The number of carbonyl (C=O) groups excluding carboxylic acids is 4. The van der Waals surface area contributed by atoms with Crippen molar-refractivity contribution < 1.29 is 37.4 Å². The molecule has 6 rings (SSSR count). The van der Waals surface area contributed by atoms with Gasteiger partial charge in [-0.15, -0.1) is 0 Å². The van der Waals surface area contributed by atoms with Crippen LogP contribution in [0.25, 0.3) is 0 Å². The van der Waals surface area contributed by atoms with Gasteiger partial charge in [-0.2, -0.15) is 0 Å². The van der Waals surface area contributed by atoms with Crippen molar-refractivity contribution in [3.8, 4) is 0 Å². The molecule has 316 valence electrons. The number of esters is 2. The van der Waals surface area contributed by atoms with E-state index in [1.807, 2.05) is 12.1 Å². The Kier molecular flexibility index (Phi) is 18.7. The van der Waals surface area contributed by atoms with Crippen LogP contribution in [0.15, 0.2) is 97.1 Å². The van der Waals surface area contributed by atoms with Gasteiger partial charge in [-0.3, -0.25) is 4.90 Å². The van der Waals surface area contributed by atoms with Gasteiger partial charge in [0.05, 0.1) is 31.9 Å². The first-order chi connectivity index (χ1) is 28.5. The van der Waals surface area contributed by atoms with Crippen LogP contribution in [0.1, 0.15) is 45.7 Å². The Hall–Kier alpha value is -5.38. The Morgan fingerprint density at radius 1 is 0.644 bits per heavy atom. The zero-order chi connectivity index (χ0) is 42.7. The summed E-state index contributed by atoms with van der Waals surface area (Å²) in [5.74, 6) is -1.44. The van der Waals surface area contributed by atoms with E-state index in [0.29, 0.717) is 35.6 Å². The quantitative estimate of drug-likeness (QED) is 0.134. The van der Waals surface area contributed by atoms with Crippen molar-refractivity contribution in [2.75, 3.05) is 89.9 Å². The molecule has 0 bridgehead atoms. The third-order valence-corrected chi connectivity index (χ3v) is 10.5. The van der Waals surface area contributed by atoms with Gasteiger partial charge >= 0.3 is 24.0 Å². The molecule has 2 fully saturated rings. The van der Waals surface area contributed by atoms with Crippen LogP contribution in [0, 0.1) is 11.6 Å². The molecule has 4 aromatic rings. The molecule has 2 aliphatic heterocycles. The number of halogens is 3. The van der Waals surface area contributed by atoms with Crippen LogP contribution in [0.3, 0.4) is 0 Å². The van der Waals surface area contributed by atoms with Gasteiger partial charge in [-0.25, -0.2) is 28.0 Å². The molecule has 0 atom stereocenters. The largest absolute Gasteiger partial charge is 0.465 e. The minimum atomic E-state index is -0.414. The molecule has 12 nitrogen and oxygen atoms in total. The molecule has 59 heavy (non-hydrogen) atoms. The number of piperazine rings is 2. The summed E-state index contributed by atoms with van der Waals surface area (Å²) in [5, 5.41) is 3.51. The molecule has 2 heterocycles. The Morgan fingerprint density at radius 3 is 1.58 bits per heavy atom. The van der Waals surface area contributed by atoms with Crippen LogP contribution in [-0.2, 0) is 21.3 Å². The second-order valence-corrected chi connectivity index (χ2v) is 14.2. The van der Waals surface area contributed by atoms with E-state index >= 15 is 0 Å². The molecule has 0 radical (unpaired) electrons. The number of carbonyl (C=O) groups is 4. The first-order valence-corrected chi connectivity index (χ1v) is 20.6. The number of amides is 4. The topological polar surface area (TPSA) is 115 Å². The zero-order valence-corrected chi connectivity index (χ0v) is 35.6. The lowest BCUT2D eigenvalue weighted by molar-refractivity contribution is 0.0592. The summed E-state index contributed by atoms with van der Waals surface area (Å²) in [7, 11) is 2.71. The minimum absolute atomic E-state index is 0.150. The number of ether oxygens (including phenoxy) is 2. The molecular formula is C44H53BrF2N6O6. The van der Waals surface area contributed by atoms with Crippen molar-refractivity contribution in [2.24, 2.45) is 0 Å². The van der Waals surface area contributed by atoms with E-state index in [2.05, 4.69) is 49.6 Å². The molecule has 4 aromatic carbocycles. The first kappa shape index (κ1) is 46.3. The second-order valence-electron chi connectivity index (χ2n) is 13.6. The molecule has 0 aliphatic carbocycles. The van der Waals surface area contributed by atoms with E-state index in [1.54, 1.807) is 75.4 Å². The van der Waals surface area contributed by atoms with E-state index in [4.69, 9.17) is 4.74 Å². The summed E-state index contributed by atoms with van der Waals surface area (Å²) in [6.45, 7) is 12.6. The Balaban J connectivity index is 0.000000217. The van der Waals surface area contributed by atoms with Gasteiger partial charge in [-0.1, -0.05) is 66.2 Å². The van der Waals surface area contributed by atoms with Crippen LogP contribution >= 0.6 is 15.9 Å². The lowest BCUT2D eigenvalue weighted by Gasteiger charge is -2.37. The molecule has 4 amide bonds. The normalized spacial score (nSPS) is 14.2. The van der Waals surface area contributed by atoms with Crippen molar-refractivity contribution >= 4 is 51.3 Å². The number of anilines is 2. The van der Waals surface area contributed by atoms with Crippen molar-refractivity contribution in [2.45, 2.75) is 25.7 Å². The lowest BCUT2D eigenvalue weighted by atomic mass is 10.1. The number of likely N-dealkylation sites (N-methyl/N-ethyl adjacent to an activating group) is 2. The number of nitrogens with one attached hydrogen (secondary N) is 1. The predicted molar refractivity (Wildman–Crippen MR) is 229 cm³/mol. The highest BCUT2D eigenvalue weighted by molar-refractivity contribution is 9.08. The number of urea groups is 2. The van der Waals surface area contributed by atoms with Crippen LogP contribution < -0.4 is 10.2 Å². The van der Waals surface area contributed by atoms with Gasteiger partial charge in [0, 0.05) is 69.1 Å². The summed E-state index contributed by atoms with van der Waals surface area (Å²) in [4.78, 5) is 57.6. The Labute approximate surface area is 353 Å². The monoisotopic (exact) mass is 878 g/mol. The maximum absolute atomic E-state index is 13.8. The molecule has 0 unspecified atom stereocenters. The molecule has 2 saturated heterocycles. The number of methoxy groups -OCH3 is 2. The molecule has 0 saturated carbocycles. The summed E-state index contributed by atoms with van der Waals surface area (Å²) in [6.07, 6.45) is 0. The summed E-state index contributed by atoms with van der Waals surface area (Å²) >= 11 is 3.32. The molecule has 2 aliphatic rings. The van der Waals surface area contributed by atoms with Gasteiger partial charge in [0.2, 0.25) is 0 Å². The van der Waals surface area contributed by atoms with E-state index in [9.17, 15) is 28.0 Å². The maximum atomic E-state index is 13.8. The fourth-order valence-electron chi connectivity index (χ4n) is 6.27. The first-order valence-electron chi connectivity index (χ1n) is 19.5.